The fourth-order valence-corrected chi connectivity index (χ4v) is 4.04. The van der Waals surface area contributed by atoms with Crippen LogP contribution in [0.25, 0.3) is 22.5 Å². The summed E-state index contributed by atoms with van der Waals surface area (Å²) in [7, 11) is 0. The van der Waals surface area contributed by atoms with Crippen molar-refractivity contribution >= 4 is 28.7 Å². The molecule has 30 heavy (non-hydrogen) atoms. The van der Waals surface area contributed by atoms with Crippen LogP contribution in [-0.4, -0.2) is 45.3 Å². The van der Waals surface area contributed by atoms with Gasteiger partial charge in [-0.25, -0.2) is 9.36 Å². The zero-order chi connectivity index (χ0) is 20.7. The van der Waals surface area contributed by atoms with Crippen molar-refractivity contribution in [2.75, 3.05) is 31.1 Å². The zero-order valence-electron chi connectivity index (χ0n) is 16.0. The summed E-state index contributed by atoms with van der Waals surface area (Å²) in [5.41, 5.74) is 0.798. The first-order valence-corrected chi connectivity index (χ1v) is 10.1. The Hall–Kier alpha value is -3.36. The largest absolute Gasteiger partial charge is 0.339 e. The van der Waals surface area contributed by atoms with E-state index in [1.165, 1.54) is 4.57 Å². The first-order valence-electron chi connectivity index (χ1n) is 9.69. The van der Waals surface area contributed by atoms with Crippen molar-refractivity contribution in [3.8, 4) is 11.4 Å². The first-order chi connectivity index (χ1) is 14.6. The number of imidazole rings is 1. The molecule has 0 unspecified atom stereocenters. The summed E-state index contributed by atoms with van der Waals surface area (Å²) in [4.78, 5) is 35.1. The van der Waals surface area contributed by atoms with Gasteiger partial charge < -0.3 is 10.2 Å². The molecule has 2 N–H and O–H groups in total. The number of hydrogen-bond acceptors (Lipinski definition) is 5. The first kappa shape index (κ1) is 18.7. The third kappa shape index (κ3) is 3.01. The summed E-state index contributed by atoms with van der Waals surface area (Å²) in [6, 6.07) is 16.4. The van der Waals surface area contributed by atoms with Crippen molar-refractivity contribution in [2.24, 2.45) is 0 Å². The lowest BCUT2D eigenvalue weighted by atomic mass is 10.3. The minimum Gasteiger partial charge on any atom is -0.339 e. The van der Waals surface area contributed by atoms with Gasteiger partial charge >= 0.3 is 5.69 Å². The van der Waals surface area contributed by atoms with Gasteiger partial charge in [0.2, 0.25) is 5.95 Å². The molecule has 1 saturated heterocycles. The second kappa shape index (κ2) is 7.47. The van der Waals surface area contributed by atoms with Crippen LogP contribution in [0.3, 0.4) is 0 Å². The van der Waals surface area contributed by atoms with E-state index in [-0.39, 0.29) is 5.52 Å². The van der Waals surface area contributed by atoms with Crippen LogP contribution in [0.5, 0.6) is 0 Å². The maximum atomic E-state index is 13.0. The van der Waals surface area contributed by atoms with Crippen molar-refractivity contribution in [3.05, 3.63) is 80.5 Å². The predicted molar refractivity (Wildman–Crippen MR) is 117 cm³/mol. The van der Waals surface area contributed by atoms with Crippen molar-refractivity contribution in [1.82, 2.24) is 24.4 Å². The summed E-state index contributed by atoms with van der Waals surface area (Å²) in [5.74, 6) is 0.584. The second-order valence-corrected chi connectivity index (χ2v) is 7.45. The smallest absolute Gasteiger partial charge is 0.334 e. The topological polar surface area (TPSA) is 87.9 Å². The number of para-hydroxylation sites is 2. The van der Waals surface area contributed by atoms with Crippen LogP contribution < -0.4 is 21.5 Å². The third-order valence-electron chi connectivity index (χ3n) is 5.20. The van der Waals surface area contributed by atoms with Crippen LogP contribution >= 0.6 is 11.6 Å². The molecule has 1 aliphatic rings. The van der Waals surface area contributed by atoms with Gasteiger partial charge in [-0.15, -0.1) is 0 Å². The molecule has 5 rings (SSSR count). The number of aromatic amines is 1. The number of hydrogen-bond donors (Lipinski definition) is 2. The average Bonchev–Trinajstić information content (AvgIpc) is 3.16. The van der Waals surface area contributed by atoms with Gasteiger partial charge in [0.15, 0.2) is 11.2 Å². The van der Waals surface area contributed by atoms with Gasteiger partial charge in [-0.05, 0) is 24.3 Å². The van der Waals surface area contributed by atoms with Crippen LogP contribution in [0.2, 0.25) is 5.02 Å². The molecule has 2 aromatic heterocycles. The van der Waals surface area contributed by atoms with E-state index in [2.05, 4.69) is 15.2 Å². The van der Waals surface area contributed by atoms with Crippen LogP contribution in [0.4, 0.5) is 5.95 Å². The van der Waals surface area contributed by atoms with Gasteiger partial charge in [0.25, 0.3) is 5.56 Å². The molecule has 2 aromatic carbocycles. The van der Waals surface area contributed by atoms with Crippen molar-refractivity contribution < 1.29 is 0 Å². The normalized spacial score (nSPS) is 14.4. The molecule has 0 spiro atoms. The average molecular weight is 423 g/mol. The molecule has 9 heteroatoms. The highest BCUT2D eigenvalue weighted by Crippen LogP contribution is 2.30. The van der Waals surface area contributed by atoms with Gasteiger partial charge in [-0.1, -0.05) is 41.9 Å². The molecule has 8 nitrogen and oxygen atoms in total. The second-order valence-electron chi connectivity index (χ2n) is 7.04. The number of fused-ring (bicyclic) bond motifs is 1. The molecule has 1 fully saturated rings. The quantitative estimate of drug-likeness (QED) is 0.526. The fourth-order valence-electron chi connectivity index (χ4n) is 3.82. The van der Waals surface area contributed by atoms with Gasteiger partial charge in [0.05, 0.1) is 16.4 Å². The lowest BCUT2D eigenvalue weighted by Gasteiger charge is -2.28. The van der Waals surface area contributed by atoms with Crippen LogP contribution in [0, 0.1) is 0 Å². The molecule has 4 aromatic rings. The Morgan fingerprint density at radius 2 is 1.60 bits per heavy atom. The monoisotopic (exact) mass is 422 g/mol. The number of nitrogens with zero attached hydrogens (tertiary/aromatic N) is 4. The number of rotatable bonds is 3. The summed E-state index contributed by atoms with van der Waals surface area (Å²) < 4.78 is 3.18. The van der Waals surface area contributed by atoms with E-state index in [1.54, 1.807) is 22.8 Å². The van der Waals surface area contributed by atoms with E-state index in [9.17, 15) is 9.59 Å². The van der Waals surface area contributed by atoms with Gasteiger partial charge in [0.1, 0.15) is 0 Å². The highest BCUT2D eigenvalue weighted by Gasteiger charge is 2.25. The number of H-pyrrole nitrogens is 1. The van der Waals surface area contributed by atoms with E-state index in [4.69, 9.17) is 16.6 Å². The Bertz CT molecular complexity index is 1340. The highest BCUT2D eigenvalue weighted by molar-refractivity contribution is 6.32. The lowest BCUT2D eigenvalue weighted by Crippen LogP contribution is -2.44. The van der Waals surface area contributed by atoms with Crippen molar-refractivity contribution in [1.29, 1.82) is 0 Å². The summed E-state index contributed by atoms with van der Waals surface area (Å²) in [6.07, 6.45) is 0. The molecule has 0 radical (unpaired) electrons. The van der Waals surface area contributed by atoms with Crippen LogP contribution in [0.15, 0.2) is 64.2 Å². The Morgan fingerprint density at radius 1 is 0.900 bits per heavy atom. The third-order valence-corrected chi connectivity index (χ3v) is 5.52. The SMILES string of the molecule is O=c1[nH]c(=O)n(-c2ccccc2)c2nc(N3CCNCC3)n(-c3ccccc3Cl)c12. The Labute approximate surface area is 176 Å². The molecular formula is C21H19ClN6O2. The van der Waals surface area contributed by atoms with E-state index in [1.807, 2.05) is 36.4 Å². The minimum absolute atomic E-state index is 0.278. The van der Waals surface area contributed by atoms with Gasteiger partial charge in [0, 0.05) is 26.2 Å². The van der Waals surface area contributed by atoms with E-state index >= 15 is 0 Å². The van der Waals surface area contributed by atoms with Crippen LogP contribution in [-0.2, 0) is 0 Å². The number of benzene rings is 2. The molecule has 0 bridgehead atoms. The van der Waals surface area contributed by atoms with Gasteiger partial charge in [-0.2, -0.15) is 4.98 Å². The summed E-state index contributed by atoms with van der Waals surface area (Å²) >= 11 is 6.51. The lowest BCUT2D eigenvalue weighted by molar-refractivity contribution is 0.578. The van der Waals surface area contributed by atoms with E-state index in [0.29, 0.717) is 28.0 Å². The summed E-state index contributed by atoms with van der Waals surface area (Å²) in [6.45, 7) is 3.05. The number of aromatic nitrogens is 4. The maximum absolute atomic E-state index is 13.0. The molecule has 0 saturated carbocycles. The Morgan fingerprint density at radius 3 is 2.33 bits per heavy atom. The minimum atomic E-state index is -0.533. The predicted octanol–water partition coefficient (Wildman–Crippen LogP) is 1.93. The molecular weight excluding hydrogens is 404 g/mol. The Kier molecular flexibility index (Phi) is 4.65. The molecule has 0 aliphatic carbocycles. The van der Waals surface area contributed by atoms with Crippen molar-refractivity contribution in [3.63, 3.8) is 0 Å². The highest BCUT2D eigenvalue weighted by atomic mass is 35.5. The van der Waals surface area contributed by atoms with Crippen LogP contribution in [0.1, 0.15) is 0 Å². The Balaban J connectivity index is 1.90. The molecule has 152 valence electrons. The molecule has 1 aliphatic heterocycles. The number of piperazine rings is 1. The fraction of sp³-hybridized carbons (Fsp3) is 0.190. The molecule has 0 atom stereocenters. The summed E-state index contributed by atoms with van der Waals surface area (Å²) in [5, 5.41) is 3.81. The zero-order valence-corrected chi connectivity index (χ0v) is 16.8. The standard InChI is InChI=1S/C21H19ClN6O2/c22-15-8-4-5-9-16(15)28-17-18(24-20(28)26-12-10-23-11-13-26)27(21(30)25-19(17)29)14-6-2-1-3-7-14/h1-9,23H,10-13H2,(H,25,29,30). The maximum Gasteiger partial charge on any atom is 0.334 e. The molecule has 0 amide bonds. The number of halogens is 1. The van der Waals surface area contributed by atoms with Crippen molar-refractivity contribution in [2.45, 2.75) is 0 Å². The molecule has 3 heterocycles. The number of anilines is 1. The van der Waals surface area contributed by atoms with E-state index < -0.39 is 11.2 Å². The van der Waals surface area contributed by atoms with Gasteiger partial charge in [-0.3, -0.25) is 14.3 Å². The number of nitrogens with one attached hydrogen (secondary N) is 2. The van der Waals surface area contributed by atoms with E-state index in [0.717, 1.165) is 26.2 Å².